The summed E-state index contributed by atoms with van der Waals surface area (Å²) in [6.45, 7) is 7.34. The number of anilines is 3. The summed E-state index contributed by atoms with van der Waals surface area (Å²) >= 11 is 18.5. The molecule has 2 aliphatic heterocycles. The third-order valence-corrected chi connectivity index (χ3v) is 8.83. The number of aromatic nitrogens is 1. The number of carbonyl (C=O) groups excluding carboxylic acids is 1. The maximum Gasteiger partial charge on any atom is 0.253 e. The maximum absolute atomic E-state index is 13.3. The minimum absolute atomic E-state index is 0.0428. The maximum atomic E-state index is 13.3. The van der Waals surface area contributed by atoms with Gasteiger partial charge in [0.1, 0.15) is 5.82 Å². The molecule has 6 rings (SSSR count). The van der Waals surface area contributed by atoms with Crippen molar-refractivity contribution in [2.45, 2.75) is 13.5 Å². The van der Waals surface area contributed by atoms with Crippen molar-refractivity contribution in [2.75, 3.05) is 54.4 Å². The molecule has 0 saturated carbocycles. The van der Waals surface area contributed by atoms with Gasteiger partial charge in [0.05, 0.1) is 15.7 Å². The summed E-state index contributed by atoms with van der Waals surface area (Å²) in [6, 6.07) is 21.7. The minimum Gasteiger partial charge on any atom is -0.368 e. The molecule has 0 atom stereocenters. The fourth-order valence-electron chi connectivity index (χ4n) is 5.44. The van der Waals surface area contributed by atoms with Gasteiger partial charge in [-0.1, -0.05) is 53.0 Å². The third-order valence-electron chi connectivity index (χ3n) is 7.86. The van der Waals surface area contributed by atoms with Crippen LogP contribution in [0.3, 0.4) is 0 Å². The first-order chi connectivity index (χ1) is 19.9. The zero-order valence-electron chi connectivity index (χ0n) is 22.7. The lowest BCUT2D eigenvalue weighted by Crippen LogP contribution is -2.48. The summed E-state index contributed by atoms with van der Waals surface area (Å²) in [6.07, 6.45) is 1.89. The highest BCUT2D eigenvalue weighted by molar-refractivity contribution is 6.42. The monoisotopic (exact) mass is 605 g/mol. The molecule has 1 N–H and O–H groups in total. The lowest BCUT2D eigenvalue weighted by molar-refractivity contribution is 0.0747. The molecule has 1 fully saturated rings. The van der Waals surface area contributed by atoms with E-state index in [1.807, 2.05) is 65.7 Å². The zero-order chi connectivity index (χ0) is 28.5. The van der Waals surface area contributed by atoms with E-state index in [0.29, 0.717) is 28.7 Å². The van der Waals surface area contributed by atoms with Crippen LogP contribution in [0.5, 0.6) is 0 Å². The largest absolute Gasteiger partial charge is 0.368 e. The summed E-state index contributed by atoms with van der Waals surface area (Å²) in [5, 5.41) is 5.24. The fourth-order valence-corrected chi connectivity index (χ4v) is 5.92. The van der Waals surface area contributed by atoms with Gasteiger partial charge in [0.2, 0.25) is 0 Å². The highest BCUT2D eigenvalue weighted by Gasteiger charge is 2.23. The molecule has 0 spiro atoms. The van der Waals surface area contributed by atoms with Crippen molar-refractivity contribution in [3.8, 4) is 11.1 Å². The first kappa shape index (κ1) is 27.7. The summed E-state index contributed by atoms with van der Waals surface area (Å²) in [7, 11) is 0. The fraction of sp³-hybridized carbons (Fsp3) is 0.250. The molecule has 6 nitrogen and oxygen atoms in total. The van der Waals surface area contributed by atoms with Gasteiger partial charge in [0, 0.05) is 73.8 Å². The van der Waals surface area contributed by atoms with Crippen LogP contribution in [0.1, 0.15) is 21.5 Å². The SMILES string of the molecule is Cc1ccc(Cl)cc1CN1CCNc2ncc(-c3ccc(C(=O)N4CCN(c5ccc(Cl)c(Cl)c5)CC4)cc3)cc21. The Morgan fingerprint density at radius 3 is 2.39 bits per heavy atom. The number of hydrogen-bond acceptors (Lipinski definition) is 5. The predicted molar refractivity (Wildman–Crippen MR) is 170 cm³/mol. The van der Waals surface area contributed by atoms with Gasteiger partial charge >= 0.3 is 0 Å². The van der Waals surface area contributed by atoms with Crippen molar-refractivity contribution in [3.05, 3.63) is 105 Å². The number of nitrogens with zero attached hydrogens (tertiary/aromatic N) is 4. The molecule has 210 valence electrons. The van der Waals surface area contributed by atoms with E-state index in [1.165, 1.54) is 11.1 Å². The van der Waals surface area contributed by atoms with Crippen molar-refractivity contribution in [3.63, 3.8) is 0 Å². The molecule has 2 aliphatic rings. The second kappa shape index (κ2) is 11.8. The van der Waals surface area contributed by atoms with Gasteiger partial charge in [-0.2, -0.15) is 0 Å². The van der Waals surface area contributed by atoms with Crippen LogP contribution in [0.2, 0.25) is 15.1 Å². The standard InChI is InChI=1S/C32H30Cl3N5O/c1-21-2-7-26(33)16-25(21)20-40-11-10-36-31-30(40)17-24(19-37-31)22-3-5-23(6-4-22)32(41)39-14-12-38(13-15-39)27-8-9-28(34)29(35)18-27/h2-9,16-19H,10-15,20H2,1H3,(H,36,37). The lowest BCUT2D eigenvalue weighted by atomic mass is 10.0. The number of halogens is 3. The molecule has 1 amide bonds. The van der Waals surface area contributed by atoms with Crippen LogP contribution in [0.15, 0.2) is 72.9 Å². The van der Waals surface area contributed by atoms with Gasteiger partial charge in [-0.05, 0) is 72.1 Å². The Morgan fingerprint density at radius 1 is 0.854 bits per heavy atom. The van der Waals surface area contributed by atoms with Crippen LogP contribution in [-0.2, 0) is 6.54 Å². The van der Waals surface area contributed by atoms with Gasteiger partial charge < -0.3 is 20.0 Å². The van der Waals surface area contributed by atoms with E-state index in [2.05, 4.69) is 34.2 Å². The second-order valence-corrected chi connectivity index (χ2v) is 11.7. The first-order valence-corrected chi connectivity index (χ1v) is 14.8. The average Bonchev–Trinajstić information content (AvgIpc) is 3.00. The molecular weight excluding hydrogens is 577 g/mol. The van der Waals surface area contributed by atoms with E-state index in [0.717, 1.165) is 66.1 Å². The van der Waals surface area contributed by atoms with Crippen LogP contribution in [-0.4, -0.2) is 55.1 Å². The number of aryl methyl sites for hydroxylation is 1. The molecule has 0 unspecified atom stereocenters. The minimum atomic E-state index is 0.0428. The Kier molecular flexibility index (Phi) is 7.98. The smallest absolute Gasteiger partial charge is 0.253 e. The summed E-state index contributed by atoms with van der Waals surface area (Å²) in [5.41, 5.74) is 7.22. The van der Waals surface area contributed by atoms with Gasteiger partial charge in [-0.3, -0.25) is 4.79 Å². The molecule has 0 aliphatic carbocycles. The van der Waals surface area contributed by atoms with E-state index in [1.54, 1.807) is 0 Å². The number of benzene rings is 3. The van der Waals surface area contributed by atoms with Crippen molar-refractivity contribution in [2.24, 2.45) is 0 Å². The zero-order valence-corrected chi connectivity index (χ0v) is 25.0. The van der Waals surface area contributed by atoms with E-state index >= 15 is 0 Å². The topological polar surface area (TPSA) is 51.7 Å². The molecule has 41 heavy (non-hydrogen) atoms. The van der Waals surface area contributed by atoms with E-state index < -0.39 is 0 Å². The van der Waals surface area contributed by atoms with Crippen molar-refractivity contribution >= 4 is 57.9 Å². The number of piperazine rings is 1. The molecular formula is C32H30Cl3N5O. The van der Waals surface area contributed by atoms with Crippen LogP contribution < -0.4 is 15.1 Å². The third kappa shape index (κ3) is 5.96. The number of rotatable bonds is 5. The number of hydrogen-bond donors (Lipinski definition) is 1. The molecule has 1 aromatic heterocycles. The van der Waals surface area contributed by atoms with Gasteiger partial charge in [0.25, 0.3) is 5.91 Å². The lowest BCUT2D eigenvalue weighted by Gasteiger charge is -2.36. The number of amides is 1. The Hall–Kier alpha value is -3.45. The Labute approximate surface area is 255 Å². The highest BCUT2D eigenvalue weighted by atomic mass is 35.5. The Balaban J connectivity index is 1.14. The van der Waals surface area contributed by atoms with E-state index in [4.69, 9.17) is 39.8 Å². The van der Waals surface area contributed by atoms with Crippen LogP contribution in [0.25, 0.3) is 11.1 Å². The summed E-state index contributed by atoms with van der Waals surface area (Å²) in [4.78, 5) is 24.5. The van der Waals surface area contributed by atoms with Crippen LogP contribution in [0.4, 0.5) is 17.2 Å². The van der Waals surface area contributed by atoms with Crippen molar-refractivity contribution < 1.29 is 4.79 Å². The predicted octanol–water partition coefficient (Wildman–Crippen LogP) is 7.41. The number of fused-ring (bicyclic) bond motifs is 1. The Morgan fingerprint density at radius 2 is 1.63 bits per heavy atom. The summed E-state index contributed by atoms with van der Waals surface area (Å²) < 4.78 is 0. The normalized spacial score (nSPS) is 15.0. The van der Waals surface area contributed by atoms with Gasteiger partial charge in [0.15, 0.2) is 0 Å². The molecule has 0 bridgehead atoms. The van der Waals surface area contributed by atoms with Crippen molar-refractivity contribution in [1.82, 2.24) is 9.88 Å². The Bertz CT molecular complexity index is 1590. The summed E-state index contributed by atoms with van der Waals surface area (Å²) in [5.74, 6) is 0.924. The van der Waals surface area contributed by atoms with E-state index in [9.17, 15) is 4.79 Å². The average molecular weight is 607 g/mol. The molecule has 1 saturated heterocycles. The highest BCUT2D eigenvalue weighted by Crippen LogP contribution is 2.34. The second-order valence-electron chi connectivity index (χ2n) is 10.5. The quantitative estimate of drug-likeness (QED) is 0.256. The number of nitrogens with one attached hydrogen (secondary N) is 1. The van der Waals surface area contributed by atoms with E-state index in [-0.39, 0.29) is 5.91 Å². The molecule has 3 aromatic carbocycles. The number of carbonyl (C=O) groups is 1. The molecule has 4 aromatic rings. The van der Waals surface area contributed by atoms with Gasteiger partial charge in [-0.25, -0.2) is 4.98 Å². The number of pyridine rings is 1. The van der Waals surface area contributed by atoms with Crippen LogP contribution >= 0.6 is 34.8 Å². The molecule has 3 heterocycles. The van der Waals surface area contributed by atoms with Crippen molar-refractivity contribution in [1.29, 1.82) is 0 Å². The molecule has 0 radical (unpaired) electrons. The van der Waals surface area contributed by atoms with Gasteiger partial charge in [-0.15, -0.1) is 0 Å². The molecule has 9 heteroatoms. The first-order valence-electron chi connectivity index (χ1n) is 13.7. The van der Waals surface area contributed by atoms with Crippen LogP contribution in [0, 0.1) is 6.92 Å².